The molecule has 0 amide bonds. The van der Waals surface area contributed by atoms with Gasteiger partial charge in [0.2, 0.25) is 0 Å². The van der Waals surface area contributed by atoms with Gasteiger partial charge in [-0.2, -0.15) is 5.10 Å². The Hall–Kier alpha value is -3.23. The Balaban J connectivity index is 1.36. The molecule has 160 valence electrons. The number of aryl methyl sites for hydroxylation is 1. The largest absolute Gasteiger partial charge is 0.379 e. The van der Waals surface area contributed by atoms with Crippen LogP contribution in [0.5, 0.6) is 0 Å². The van der Waals surface area contributed by atoms with Gasteiger partial charge in [0.1, 0.15) is 11.6 Å². The fourth-order valence-electron chi connectivity index (χ4n) is 3.92. The van der Waals surface area contributed by atoms with Crippen molar-refractivity contribution in [1.82, 2.24) is 25.1 Å². The molecule has 8 heteroatoms. The maximum absolute atomic E-state index is 5.48. The molecule has 8 nitrogen and oxygen atoms in total. The lowest BCUT2D eigenvalue weighted by molar-refractivity contribution is 0.0104. The van der Waals surface area contributed by atoms with E-state index in [9.17, 15) is 0 Å². The topological polar surface area (TPSA) is 82.2 Å². The minimum atomic E-state index is 0.563. The van der Waals surface area contributed by atoms with E-state index in [4.69, 9.17) is 9.72 Å². The number of anilines is 3. The summed E-state index contributed by atoms with van der Waals surface area (Å²) in [5, 5.41) is 10.5. The van der Waals surface area contributed by atoms with Crippen LogP contribution in [0.25, 0.3) is 12.2 Å². The van der Waals surface area contributed by atoms with Crippen molar-refractivity contribution >= 4 is 29.6 Å². The molecular weight excluding hydrogens is 390 g/mol. The summed E-state index contributed by atoms with van der Waals surface area (Å²) in [7, 11) is 0. The van der Waals surface area contributed by atoms with E-state index < -0.39 is 0 Å². The van der Waals surface area contributed by atoms with E-state index in [1.165, 1.54) is 0 Å². The minimum Gasteiger partial charge on any atom is -0.379 e. The molecule has 0 unspecified atom stereocenters. The van der Waals surface area contributed by atoms with Crippen molar-refractivity contribution in [3.63, 3.8) is 0 Å². The summed E-state index contributed by atoms with van der Waals surface area (Å²) < 4.78 is 5.48. The van der Waals surface area contributed by atoms with Crippen LogP contribution in [0.2, 0.25) is 0 Å². The predicted molar refractivity (Wildman–Crippen MR) is 122 cm³/mol. The Kier molecular flexibility index (Phi) is 5.64. The molecule has 0 aliphatic carbocycles. The number of hydrogen-bond acceptors (Lipinski definition) is 7. The van der Waals surface area contributed by atoms with Gasteiger partial charge in [0, 0.05) is 50.0 Å². The quantitative estimate of drug-likeness (QED) is 0.638. The third-order valence-electron chi connectivity index (χ3n) is 5.66. The van der Waals surface area contributed by atoms with Gasteiger partial charge in [0.05, 0.1) is 13.2 Å². The molecule has 2 aliphatic rings. The molecule has 3 aromatic rings. The zero-order chi connectivity index (χ0) is 21.0. The second-order valence-corrected chi connectivity index (χ2v) is 7.98. The van der Waals surface area contributed by atoms with Crippen molar-refractivity contribution < 1.29 is 4.74 Å². The van der Waals surface area contributed by atoms with Crippen LogP contribution >= 0.6 is 0 Å². The molecular formula is C23H27N7O. The van der Waals surface area contributed by atoms with Crippen molar-refractivity contribution in [1.29, 1.82) is 0 Å². The number of aromatic nitrogens is 4. The molecule has 2 N–H and O–H groups in total. The number of ether oxygens (including phenoxy) is 1. The highest BCUT2D eigenvalue weighted by atomic mass is 16.5. The van der Waals surface area contributed by atoms with Gasteiger partial charge >= 0.3 is 0 Å². The van der Waals surface area contributed by atoms with E-state index in [0.29, 0.717) is 11.9 Å². The van der Waals surface area contributed by atoms with E-state index >= 15 is 0 Å². The number of aromatic amines is 1. The molecule has 4 heterocycles. The maximum atomic E-state index is 5.48. The second kappa shape index (κ2) is 8.87. The normalized spacial score (nSPS) is 17.8. The Morgan fingerprint density at radius 3 is 2.58 bits per heavy atom. The molecule has 0 radical (unpaired) electrons. The highest BCUT2D eigenvalue weighted by Crippen LogP contribution is 2.26. The SMILES string of the molecule is Cc1cc(Nc2cc(N3CC(N4CCOCC4)C3)nc(/C=C/c3ccccc3)n2)n[nH]1. The zero-order valence-corrected chi connectivity index (χ0v) is 17.7. The first kappa shape index (κ1) is 19.7. The van der Waals surface area contributed by atoms with Crippen LogP contribution in [0, 0.1) is 6.92 Å². The predicted octanol–water partition coefficient (Wildman–Crippen LogP) is 2.94. The van der Waals surface area contributed by atoms with E-state index in [1.807, 2.05) is 49.4 Å². The van der Waals surface area contributed by atoms with Gasteiger partial charge in [0.25, 0.3) is 0 Å². The number of nitrogens with zero attached hydrogens (tertiary/aromatic N) is 5. The maximum Gasteiger partial charge on any atom is 0.156 e. The van der Waals surface area contributed by atoms with Crippen LogP contribution < -0.4 is 10.2 Å². The van der Waals surface area contributed by atoms with Crippen molar-refractivity contribution in [3.8, 4) is 0 Å². The number of benzene rings is 1. The molecule has 0 atom stereocenters. The first-order valence-corrected chi connectivity index (χ1v) is 10.7. The monoisotopic (exact) mass is 417 g/mol. The van der Waals surface area contributed by atoms with Gasteiger partial charge in [-0.25, -0.2) is 9.97 Å². The number of H-pyrrole nitrogens is 1. The summed E-state index contributed by atoms with van der Waals surface area (Å²) in [5.41, 5.74) is 2.11. The van der Waals surface area contributed by atoms with Gasteiger partial charge < -0.3 is 15.0 Å². The number of morpholine rings is 1. The van der Waals surface area contributed by atoms with Crippen LogP contribution in [0.4, 0.5) is 17.5 Å². The molecule has 0 bridgehead atoms. The van der Waals surface area contributed by atoms with Gasteiger partial charge in [-0.1, -0.05) is 36.4 Å². The fraction of sp³-hybridized carbons (Fsp3) is 0.348. The van der Waals surface area contributed by atoms with Gasteiger partial charge in [-0.15, -0.1) is 0 Å². The lowest BCUT2D eigenvalue weighted by Crippen LogP contribution is -2.61. The lowest BCUT2D eigenvalue weighted by atomic mass is 10.1. The van der Waals surface area contributed by atoms with Gasteiger partial charge in [-0.05, 0) is 18.6 Å². The third kappa shape index (κ3) is 4.76. The third-order valence-corrected chi connectivity index (χ3v) is 5.66. The molecule has 2 saturated heterocycles. The summed E-state index contributed by atoms with van der Waals surface area (Å²) >= 11 is 0. The summed E-state index contributed by atoms with van der Waals surface area (Å²) in [6, 6.07) is 14.7. The van der Waals surface area contributed by atoms with E-state index in [-0.39, 0.29) is 0 Å². The van der Waals surface area contributed by atoms with Gasteiger partial charge in [0.15, 0.2) is 11.6 Å². The van der Waals surface area contributed by atoms with Crippen LogP contribution in [0.1, 0.15) is 17.1 Å². The standard InChI is InChI=1S/C23H27N7O/c1-17-13-22(28-27-17)25-21-14-23(30-15-19(16-30)29-9-11-31-12-10-29)26-20(24-21)8-7-18-5-3-2-4-6-18/h2-8,13-14,19H,9-12,15-16H2,1H3,(H2,24,25,26,27,28)/b8-7+. The Morgan fingerprint density at radius 2 is 1.84 bits per heavy atom. The van der Waals surface area contributed by atoms with Crippen molar-refractivity contribution in [3.05, 3.63) is 59.5 Å². The highest BCUT2D eigenvalue weighted by Gasteiger charge is 2.33. The Morgan fingerprint density at radius 1 is 1.03 bits per heavy atom. The van der Waals surface area contributed by atoms with E-state index in [0.717, 1.165) is 68.1 Å². The molecule has 0 saturated carbocycles. The molecule has 0 spiro atoms. The molecule has 2 aliphatic heterocycles. The number of rotatable bonds is 6. The van der Waals surface area contributed by atoms with E-state index in [2.05, 4.69) is 42.4 Å². The van der Waals surface area contributed by atoms with E-state index in [1.54, 1.807) is 0 Å². The Bertz CT molecular complexity index is 1040. The van der Waals surface area contributed by atoms with Crippen LogP contribution in [0.3, 0.4) is 0 Å². The summed E-state index contributed by atoms with van der Waals surface area (Å²) in [5.74, 6) is 3.09. The van der Waals surface area contributed by atoms with Crippen LogP contribution in [0.15, 0.2) is 42.5 Å². The van der Waals surface area contributed by atoms with Crippen LogP contribution in [-0.2, 0) is 4.74 Å². The average Bonchev–Trinajstić information content (AvgIpc) is 3.17. The molecule has 2 aromatic heterocycles. The molecule has 2 fully saturated rings. The average molecular weight is 418 g/mol. The number of nitrogens with one attached hydrogen (secondary N) is 2. The molecule has 31 heavy (non-hydrogen) atoms. The molecule has 1 aromatic carbocycles. The highest BCUT2D eigenvalue weighted by molar-refractivity contribution is 5.69. The summed E-state index contributed by atoms with van der Waals surface area (Å²) in [6.07, 6.45) is 3.99. The van der Waals surface area contributed by atoms with Crippen molar-refractivity contribution in [2.75, 3.05) is 49.6 Å². The number of hydrogen-bond donors (Lipinski definition) is 2. The summed E-state index contributed by atoms with van der Waals surface area (Å²) in [6.45, 7) is 7.60. The summed E-state index contributed by atoms with van der Waals surface area (Å²) in [4.78, 5) is 14.3. The lowest BCUT2D eigenvalue weighted by Gasteiger charge is -2.47. The minimum absolute atomic E-state index is 0.563. The first-order valence-electron chi connectivity index (χ1n) is 10.7. The second-order valence-electron chi connectivity index (χ2n) is 7.98. The van der Waals surface area contributed by atoms with Gasteiger partial charge in [-0.3, -0.25) is 10.00 Å². The Labute approximate surface area is 182 Å². The van der Waals surface area contributed by atoms with Crippen molar-refractivity contribution in [2.45, 2.75) is 13.0 Å². The fourth-order valence-corrected chi connectivity index (χ4v) is 3.92. The molecule has 5 rings (SSSR count). The van der Waals surface area contributed by atoms with Crippen molar-refractivity contribution in [2.24, 2.45) is 0 Å². The zero-order valence-electron chi connectivity index (χ0n) is 17.7. The first-order chi connectivity index (χ1) is 15.2. The smallest absolute Gasteiger partial charge is 0.156 e. The van der Waals surface area contributed by atoms with Crippen LogP contribution in [-0.4, -0.2) is 70.5 Å².